The zero-order valence-electron chi connectivity index (χ0n) is 11.3. The molecule has 1 amide bonds. The van der Waals surface area contributed by atoms with Crippen molar-refractivity contribution in [3.05, 3.63) is 17.5 Å². The standard InChI is InChI=1S/C14H23N3O/c1-3-5-11-6-4-7-13(11)14(18)15-8-12-9-16-17-10(12)2/h9,11,13H,3-8H2,1-2H3,(H,15,18)(H,16,17). The topological polar surface area (TPSA) is 57.8 Å². The lowest BCUT2D eigenvalue weighted by atomic mass is 9.91. The maximum Gasteiger partial charge on any atom is 0.223 e. The first-order chi connectivity index (χ1) is 8.72. The molecule has 2 atom stereocenters. The van der Waals surface area contributed by atoms with Gasteiger partial charge in [0, 0.05) is 23.7 Å². The van der Waals surface area contributed by atoms with E-state index >= 15 is 0 Å². The molecular weight excluding hydrogens is 226 g/mol. The van der Waals surface area contributed by atoms with Crippen molar-refractivity contribution >= 4 is 5.91 Å². The average Bonchev–Trinajstić information content (AvgIpc) is 2.96. The average molecular weight is 249 g/mol. The van der Waals surface area contributed by atoms with E-state index in [9.17, 15) is 4.79 Å². The SMILES string of the molecule is CCCC1CCCC1C(=O)NCc1cn[nH]c1C. The highest BCUT2D eigenvalue weighted by Gasteiger charge is 2.31. The van der Waals surface area contributed by atoms with Gasteiger partial charge in [0.1, 0.15) is 0 Å². The lowest BCUT2D eigenvalue weighted by Crippen LogP contribution is -2.32. The number of aryl methyl sites for hydroxylation is 1. The lowest BCUT2D eigenvalue weighted by molar-refractivity contribution is -0.126. The third-order valence-corrected chi connectivity index (χ3v) is 4.04. The number of aromatic nitrogens is 2. The molecule has 18 heavy (non-hydrogen) atoms. The highest BCUT2D eigenvalue weighted by atomic mass is 16.1. The van der Waals surface area contributed by atoms with E-state index in [0.29, 0.717) is 12.5 Å². The van der Waals surface area contributed by atoms with Crippen molar-refractivity contribution < 1.29 is 4.79 Å². The molecule has 100 valence electrons. The van der Waals surface area contributed by atoms with Crippen LogP contribution in [0.2, 0.25) is 0 Å². The summed E-state index contributed by atoms with van der Waals surface area (Å²) in [5.74, 6) is 1.06. The second kappa shape index (κ2) is 6.03. The van der Waals surface area contributed by atoms with Crippen LogP contribution in [-0.2, 0) is 11.3 Å². The number of amides is 1. The van der Waals surface area contributed by atoms with Gasteiger partial charge in [-0.1, -0.05) is 19.8 Å². The minimum atomic E-state index is 0.228. The van der Waals surface area contributed by atoms with Crippen LogP contribution >= 0.6 is 0 Å². The number of nitrogens with one attached hydrogen (secondary N) is 2. The molecule has 1 saturated carbocycles. The van der Waals surface area contributed by atoms with Gasteiger partial charge in [0.15, 0.2) is 0 Å². The molecule has 1 fully saturated rings. The predicted octanol–water partition coefficient (Wildman–Crippen LogP) is 2.55. The minimum Gasteiger partial charge on any atom is -0.352 e. The van der Waals surface area contributed by atoms with Crippen LogP contribution in [-0.4, -0.2) is 16.1 Å². The molecule has 4 heteroatoms. The number of hydrogen-bond donors (Lipinski definition) is 2. The van der Waals surface area contributed by atoms with Gasteiger partial charge in [-0.15, -0.1) is 0 Å². The fraction of sp³-hybridized carbons (Fsp3) is 0.714. The van der Waals surface area contributed by atoms with E-state index in [2.05, 4.69) is 22.4 Å². The zero-order chi connectivity index (χ0) is 13.0. The largest absolute Gasteiger partial charge is 0.352 e. The van der Waals surface area contributed by atoms with Crippen molar-refractivity contribution in [2.75, 3.05) is 0 Å². The Kier molecular flexibility index (Phi) is 4.39. The quantitative estimate of drug-likeness (QED) is 0.842. The monoisotopic (exact) mass is 249 g/mol. The van der Waals surface area contributed by atoms with Gasteiger partial charge in [0.25, 0.3) is 0 Å². The number of hydrogen-bond acceptors (Lipinski definition) is 2. The van der Waals surface area contributed by atoms with Crippen molar-refractivity contribution in [3.63, 3.8) is 0 Å². The van der Waals surface area contributed by atoms with Crippen LogP contribution in [0, 0.1) is 18.8 Å². The molecule has 1 aliphatic rings. The van der Waals surface area contributed by atoms with E-state index in [4.69, 9.17) is 0 Å². The van der Waals surface area contributed by atoms with Crippen molar-refractivity contribution in [2.24, 2.45) is 11.8 Å². The summed E-state index contributed by atoms with van der Waals surface area (Å²) in [6, 6.07) is 0. The summed E-state index contributed by atoms with van der Waals surface area (Å²) >= 11 is 0. The Bertz CT molecular complexity index is 399. The van der Waals surface area contributed by atoms with Gasteiger partial charge in [-0.2, -0.15) is 5.10 Å². The molecular formula is C14H23N3O. The summed E-state index contributed by atoms with van der Waals surface area (Å²) in [6.45, 7) is 4.77. The highest BCUT2D eigenvalue weighted by molar-refractivity contribution is 5.79. The van der Waals surface area contributed by atoms with Crippen molar-refractivity contribution in [1.82, 2.24) is 15.5 Å². The molecule has 2 N–H and O–H groups in total. The second-order valence-electron chi connectivity index (χ2n) is 5.32. The Labute approximate surface area is 109 Å². The maximum absolute atomic E-state index is 12.2. The fourth-order valence-electron chi connectivity index (χ4n) is 2.97. The maximum atomic E-state index is 12.2. The Morgan fingerprint density at radius 3 is 3.06 bits per heavy atom. The Morgan fingerprint density at radius 2 is 2.39 bits per heavy atom. The number of rotatable bonds is 5. The van der Waals surface area contributed by atoms with Gasteiger partial charge >= 0.3 is 0 Å². The van der Waals surface area contributed by atoms with Gasteiger partial charge in [0.05, 0.1) is 6.20 Å². The summed E-state index contributed by atoms with van der Waals surface area (Å²) in [4.78, 5) is 12.2. The zero-order valence-corrected chi connectivity index (χ0v) is 11.3. The van der Waals surface area contributed by atoms with Gasteiger partial charge in [-0.25, -0.2) is 0 Å². The molecule has 2 unspecified atom stereocenters. The van der Waals surface area contributed by atoms with Crippen molar-refractivity contribution in [2.45, 2.75) is 52.5 Å². The molecule has 0 saturated heterocycles. The van der Waals surface area contributed by atoms with Gasteiger partial charge in [-0.3, -0.25) is 9.89 Å². The van der Waals surface area contributed by atoms with E-state index < -0.39 is 0 Å². The van der Waals surface area contributed by atoms with E-state index in [1.54, 1.807) is 6.20 Å². The molecule has 1 aromatic heterocycles. The van der Waals surface area contributed by atoms with Gasteiger partial charge < -0.3 is 5.32 Å². The minimum absolute atomic E-state index is 0.228. The molecule has 1 aromatic rings. The summed E-state index contributed by atoms with van der Waals surface area (Å²) in [6.07, 6.45) is 7.62. The van der Waals surface area contributed by atoms with Crippen LogP contribution in [0.5, 0.6) is 0 Å². The molecule has 0 bridgehead atoms. The third-order valence-electron chi connectivity index (χ3n) is 4.04. The summed E-state index contributed by atoms with van der Waals surface area (Å²) in [5, 5.41) is 9.91. The normalized spacial score (nSPS) is 23.2. The van der Waals surface area contributed by atoms with Crippen LogP contribution in [0.15, 0.2) is 6.20 Å². The Hall–Kier alpha value is -1.32. The highest BCUT2D eigenvalue weighted by Crippen LogP contribution is 2.35. The predicted molar refractivity (Wildman–Crippen MR) is 70.9 cm³/mol. The van der Waals surface area contributed by atoms with Crippen LogP contribution in [0.1, 0.15) is 50.3 Å². The molecule has 0 aromatic carbocycles. The van der Waals surface area contributed by atoms with Gasteiger partial charge in [0.2, 0.25) is 5.91 Å². The summed E-state index contributed by atoms with van der Waals surface area (Å²) < 4.78 is 0. The third kappa shape index (κ3) is 2.92. The smallest absolute Gasteiger partial charge is 0.223 e. The fourth-order valence-corrected chi connectivity index (χ4v) is 2.97. The molecule has 1 aliphatic carbocycles. The first-order valence-corrected chi connectivity index (χ1v) is 6.99. The second-order valence-corrected chi connectivity index (χ2v) is 5.32. The molecule has 0 spiro atoms. The van der Waals surface area contributed by atoms with Crippen LogP contribution in [0.3, 0.4) is 0 Å². The summed E-state index contributed by atoms with van der Waals surface area (Å²) in [7, 11) is 0. The number of carbonyl (C=O) groups is 1. The van der Waals surface area contributed by atoms with Crippen LogP contribution in [0.25, 0.3) is 0 Å². The molecule has 4 nitrogen and oxygen atoms in total. The van der Waals surface area contributed by atoms with Crippen molar-refractivity contribution in [1.29, 1.82) is 0 Å². The number of nitrogens with zero attached hydrogens (tertiary/aromatic N) is 1. The van der Waals surface area contributed by atoms with Crippen LogP contribution in [0.4, 0.5) is 0 Å². The van der Waals surface area contributed by atoms with E-state index in [1.165, 1.54) is 25.7 Å². The van der Waals surface area contributed by atoms with Gasteiger partial charge in [-0.05, 0) is 32.1 Å². The van der Waals surface area contributed by atoms with E-state index in [1.807, 2.05) is 6.92 Å². The Balaban J connectivity index is 1.86. The molecule has 0 radical (unpaired) electrons. The first-order valence-electron chi connectivity index (χ1n) is 6.99. The molecule has 0 aliphatic heterocycles. The summed E-state index contributed by atoms with van der Waals surface area (Å²) in [5.41, 5.74) is 2.11. The van der Waals surface area contributed by atoms with Crippen molar-refractivity contribution in [3.8, 4) is 0 Å². The van der Waals surface area contributed by atoms with E-state index in [0.717, 1.165) is 17.7 Å². The number of aromatic amines is 1. The number of H-pyrrole nitrogens is 1. The first kappa shape index (κ1) is 13.1. The Morgan fingerprint density at radius 1 is 1.56 bits per heavy atom. The number of carbonyl (C=O) groups excluding carboxylic acids is 1. The molecule has 1 heterocycles. The van der Waals surface area contributed by atoms with E-state index in [-0.39, 0.29) is 11.8 Å². The lowest BCUT2D eigenvalue weighted by Gasteiger charge is -2.18. The van der Waals surface area contributed by atoms with Crippen LogP contribution < -0.4 is 5.32 Å². The molecule has 2 rings (SSSR count).